The molecule has 7 heteroatoms. The topological polar surface area (TPSA) is 85.9 Å². The summed E-state index contributed by atoms with van der Waals surface area (Å²) in [5.74, 6) is 0.0821. The van der Waals surface area contributed by atoms with Crippen molar-refractivity contribution in [2.24, 2.45) is 5.92 Å². The average molecular weight is 402 g/mol. The van der Waals surface area contributed by atoms with Crippen molar-refractivity contribution in [3.63, 3.8) is 0 Å². The monoisotopic (exact) mass is 402 g/mol. The third kappa shape index (κ3) is 5.02. The minimum absolute atomic E-state index is 0.0679. The first-order chi connectivity index (χ1) is 14.0. The second kappa shape index (κ2) is 9.67. The molecule has 1 aromatic rings. The van der Waals surface area contributed by atoms with Crippen molar-refractivity contribution in [2.75, 3.05) is 13.7 Å². The number of urea groups is 1. The Balaban J connectivity index is 1.84. The van der Waals surface area contributed by atoms with Gasteiger partial charge in [0.1, 0.15) is 12.0 Å². The molecule has 1 aliphatic heterocycles. The number of carbonyl (C=O) groups excluding carboxylic acids is 2. The van der Waals surface area contributed by atoms with E-state index in [2.05, 4.69) is 17.2 Å². The van der Waals surface area contributed by atoms with Crippen LogP contribution in [-0.2, 0) is 9.53 Å². The van der Waals surface area contributed by atoms with Gasteiger partial charge in [-0.3, -0.25) is 4.79 Å². The second-order valence-electron chi connectivity index (χ2n) is 7.53. The summed E-state index contributed by atoms with van der Waals surface area (Å²) in [6.45, 7) is 6.51. The number of methoxy groups -OCH3 is 1. The van der Waals surface area contributed by atoms with Crippen LogP contribution in [0.3, 0.4) is 0 Å². The number of hydrogen-bond donors (Lipinski definition) is 2. The molecule has 2 atom stereocenters. The van der Waals surface area contributed by atoms with E-state index in [1.807, 2.05) is 13.0 Å². The molecule has 3 rings (SSSR count). The van der Waals surface area contributed by atoms with Gasteiger partial charge in [0, 0.05) is 5.70 Å². The van der Waals surface area contributed by atoms with Crippen LogP contribution in [0.1, 0.15) is 57.1 Å². The van der Waals surface area contributed by atoms with E-state index in [4.69, 9.17) is 14.2 Å². The van der Waals surface area contributed by atoms with Crippen molar-refractivity contribution in [3.05, 3.63) is 36.0 Å². The summed E-state index contributed by atoms with van der Waals surface area (Å²) in [7, 11) is 1.56. The predicted octanol–water partition coefficient (Wildman–Crippen LogP) is 3.84. The lowest BCUT2D eigenvalue weighted by Gasteiger charge is -2.34. The fourth-order valence-corrected chi connectivity index (χ4v) is 3.87. The first-order valence-corrected chi connectivity index (χ1v) is 10.3. The van der Waals surface area contributed by atoms with Crippen molar-refractivity contribution in [1.82, 2.24) is 10.6 Å². The molecular formula is C22H30N2O5. The summed E-state index contributed by atoms with van der Waals surface area (Å²) in [6, 6.07) is 4.42. The van der Waals surface area contributed by atoms with E-state index in [1.165, 1.54) is 6.42 Å². The number of esters is 1. The van der Waals surface area contributed by atoms with Crippen molar-refractivity contribution >= 4 is 12.0 Å². The minimum Gasteiger partial charge on any atom is -0.493 e. The zero-order chi connectivity index (χ0) is 20.8. The summed E-state index contributed by atoms with van der Waals surface area (Å²) in [5.41, 5.74) is 1.07. The highest BCUT2D eigenvalue weighted by atomic mass is 16.5. The number of amides is 2. The molecule has 0 spiro atoms. The van der Waals surface area contributed by atoms with Crippen LogP contribution in [0.25, 0.3) is 0 Å². The van der Waals surface area contributed by atoms with Gasteiger partial charge in [0.2, 0.25) is 0 Å². The van der Waals surface area contributed by atoms with Crippen LogP contribution >= 0.6 is 0 Å². The maximum atomic E-state index is 13.0. The number of ether oxygens (including phenoxy) is 3. The third-order valence-electron chi connectivity index (χ3n) is 5.37. The van der Waals surface area contributed by atoms with Crippen molar-refractivity contribution in [1.29, 1.82) is 0 Å². The first-order valence-electron chi connectivity index (χ1n) is 10.3. The summed E-state index contributed by atoms with van der Waals surface area (Å²) in [4.78, 5) is 25.1. The van der Waals surface area contributed by atoms with Gasteiger partial charge in [0.15, 0.2) is 11.5 Å². The van der Waals surface area contributed by atoms with E-state index in [9.17, 15) is 9.59 Å². The van der Waals surface area contributed by atoms with Gasteiger partial charge < -0.3 is 24.8 Å². The van der Waals surface area contributed by atoms with E-state index >= 15 is 0 Å². The number of benzene rings is 1. The van der Waals surface area contributed by atoms with Gasteiger partial charge in [-0.15, -0.1) is 0 Å². The highest BCUT2D eigenvalue weighted by molar-refractivity contribution is 5.85. The molecule has 2 amide bonds. The molecule has 0 aromatic heterocycles. The molecule has 1 saturated carbocycles. The maximum absolute atomic E-state index is 13.0. The zero-order valence-electron chi connectivity index (χ0n) is 17.2. The standard InChI is InChI=1S/C22H30N2O5/c1-4-12-28-17-11-10-15(13-18(17)27-3)20-19(14(2)23-22(26)24-20)21(25)29-16-8-6-5-7-9-16/h10-11,13,16,19-20H,2,4-9,12H2,1,3H3,(H2,23,24,26)/t19-,20+/m1/s1. The SMILES string of the molecule is C=C1NC(=O)N[C@@H](c2ccc(OCCC)c(OC)c2)[C@@H]1C(=O)OC1CCCCC1. The molecule has 2 N–H and O–H groups in total. The molecule has 29 heavy (non-hydrogen) atoms. The van der Waals surface area contributed by atoms with E-state index in [0.717, 1.165) is 37.7 Å². The van der Waals surface area contributed by atoms with E-state index in [1.54, 1.807) is 19.2 Å². The van der Waals surface area contributed by atoms with Crippen LogP contribution in [0.4, 0.5) is 4.79 Å². The quantitative estimate of drug-likeness (QED) is 0.677. The smallest absolute Gasteiger partial charge is 0.319 e. The molecule has 1 heterocycles. The van der Waals surface area contributed by atoms with Crippen LogP contribution in [0.15, 0.2) is 30.5 Å². The lowest BCUT2D eigenvalue weighted by Crippen LogP contribution is -2.51. The van der Waals surface area contributed by atoms with Crippen LogP contribution in [0.5, 0.6) is 11.5 Å². The first kappa shape index (κ1) is 21.0. The summed E-state index contributed by atoms with van der Waals surface area (Å²) in [6.07, 6.45) is 5.89. The molecule has 2 fully saturated rings. The van der Waals surface area contributed by atoms with Gasteiger partial charge in [-0.2, -0.15) is 0 Å². The van der Waals surface area contributed by atoms with E-state index < -0.39 is 18.0 Å². The Labute approximate surface area is 171 Å². The minimum atomic E-state index is -0.721. The van der Waals surface area contributed by atoms with E-state index in [0.29, 0.717) is 23.8 Å². The molecular weight excluding hydrogens is 372 g/mol. The maximum Gasteiger partial charge on any atom is 0.319 e. The Bertz CT molecular complexity index is 758. The largest absolute Gasteiger partial charge is 0.493 e. The highest BCUT2D eigenvalue weighted by Gasteiger charge is 2.40. The molecule has 0 bridgehead atoms. The third-order valence-corrected chi connectivity index (χ3v) is 5.37. The van der Waals surface area contributed by atoms with Gasteiger partial charge in [-0.25, -0.2) is 4.79 Å². The second-order valence-corrected chi connectivity index (χ2v) is 7.53. The zero-order valence-corrected chi connectivity index (χ0v) is 17.2. The summed E-state index contributed by atoms with van der Waals surface area (Å²) >= 11 is 0. The average Bonchev–Trinajstić information content (AvgIpc) is 2.72. The Morgan fingerprint density at radius 1 is 1.21 bits per heavy atom. The molecule has 1 saturated heterocycles. The van der Waals surface area contributed by atoms with Crippen LogP contribution < -0.4 is 20.1 Å². The van der Waals surface area contributed by atoms with Crippen LogP contribution in [0.2, 0.25) is 0 Å². The van der Waals surface area contributed by atoms with Gasteiger partial charge in [-0.05, 0) is 49.8 Å². The molecule has 7 nitrogen and oxygen atoms in total. The van der Waals surface area contributed by atoms with Crippen molar-refractivity contribution < 1.29 is 23.8 Å². The molecule has 158 valence electrons. The fraction of sp³-hybridized carbons (Fsp3) is 0.545. The summed E-state index contributed by atoms with van der Waals surface area (Å²) in [5, 5.41) is 5.45. The molecule has 1 aliphatic carbocycles. The lowest BCUT2D eigenvalue weighted by atomic mass is 9.88. The number of nitrogens with one attached hydrogen (secondary N) is 2. The Kier molecular flexibility index (Phi) is 7.01. The molecule has 2 aliphatic rings. The Morgan fingerprint density at radius 3 is 2.66 bits per heavy atom. The van der Waals surface area contributed by atoms with Crippen LogP contribution in [0, 0.1) is 5.92 Å². The van der Waals surface area contributed by atoms with Gasteiger partial charge >= 0.3 is 12.0 Å². The predicted molar refractivity (Wildman–Crippen MR) is 109 cm³/mol. The Morgan fingerprint density at radius 2 is 1.97 bits per heavy atom. The van der Waals surface area contributed by atoms with Gasteiger partial charge in [-0.1, -0.05) is 26.0 Å². The van der Waals surface area contributed by atoms with Crippen molar-refractivity contribution in [3.8, 4) is 11.5 Å². The molecule has 0 unspecified atom stereocenters. The fourth-order valence-electron chi connectivity index (χ4n) is 3.87. The molecule has 0 radical (unpaired) electrons. The van der Waals surface area contributed by atoms with Crippen molar-refractivity contribution in [2.45, 2.75) is 57.6 Å². The number of rotatable bonds is 7. The number of carbonyl (C=O) groups is 2. The Hall–Kier alpha value is -2.70. The number of hydrogen-bond acceptors (Lipinski definition) is 5. The van der Waals surface area contributed by atoms with Crippen LogP contribution in [-0.4, -0.2) is 31.8 Å². The molecule has 1 aromatic carbocycles. The van der Waals surface area contributed by atoms with Gasteiger partial charge in [0.05, 0.1) is 19.8 Å². The van der Waals surface area contributed by atoms with Gasteiger partial charge in [0.25, 0.3) is 0 Å². The summed E-state index contributed by atoms with van der Waals surface area (Å²) < 4.78 is 16.9. The van der Waals surface area contributed by atoms with E-state index in [-0.39, 0.29) is 12.1 Å². The normalized spacial score (nSPS) is 22.4. The lowest BCUT2D eigenvalue weighted by molar-refractivity contribution is -0.155. The highest BCUT2D eigenvalue weighted by Crippen LogP contribution is 2.36.